The number of rotatable bonds is 5. The summed E-state index contributed by atoms with van der Waals surface area (Å²) in [6, 6.07) is 11.2. The van der Waals surface area contributed by atoms with Crippen molar-refractivity contribution in [1.29, 1.82) is 0 Å². The van der Waals surface area contributed by atoms with Gasteiger partial charge in [-0.15, -0.1) is 0 Å². The summed E-state index contributed by atoms with van der Waals surface area (Å²) in [5.74, 6) is -1.44. The van der Waals surface area contributed by atoms with E-state index in [-0.39, 0.29) is 30.0 Å². The number of piperidine rings is 1. The van der Waals surface area contributed by atoms with Crippen LogP contribution in [0.4, 0.5) is 4.39 Å². The van der Waals surface area contributed by atoms with E-state index in [0.717, 1.165) is 12.5 Å². The Morgan fingerprint density at radius 2 is 1.80 bits per heavy atom. The van der Waals surface area contributed by atoms with E-state index < -0.39 is 23.5 Å². The van der Waals surface area contributed by atoms with Crippen molar-refractivity contribution >= 4 is 29.3 Å². The quantitative estimate of drug-likeness (QED) is 0.674. The van der Waals surface area contributed by atoms with E-state index in [1.54, 1.807) is 29.2 Å². The fourth-order valence-electron chi connectivity index (χ4n) is 4.60. The lowest BCUT2D eigenvalue weighted by molar-refractivity contribution is -0.128. The van der Waals surface area contributed by atoms with Crippen LogP contribution in [0.3, 0.4) is 0 Å². The van der Waals surface area contributed by atoms with Crippen molar-refractivity contribution in [1.82, 2.24) is 15.1 Å². The molecule has 3 amide bonds. The zero-order valence-corrected chi connectivity index (χ0v) is 20.6. The molecular weight excluding hydrogens is 473 g/mol. The van der Waals surface area contributed by atoms with Gasteiger partial charge in [-0.05, 0) is 55.8 Å². The van der Waals surface area contributed by atoms with E-state index in [0.29, 0.717) is 36.5 Å². The van der Waals surface area contributed by atoms with E-state index in [1.165, 1.54) is 23.1 Å². The number of ether oxygens (including phenoxy) is 1. The molecule has 2 aliphatic rings. The van der Waals surface area contributed by atoms with Crippen LogP contribution in [-0.2, 0) is 9.53 Å². The van der Waals surface area contributed by atoms with Gasteiger partial charge in [0.2, 0.25) is 5.91 Å². The number of amides is 3. The fraction of sp³-hybridized carbons (Fsp3) is 0.423. The van der Waals surface area contributed by atoms with Crippen molar-refractivity contribution in [2.24, 2.45) is 0 Å². The van der Waals surface area contributed by atoms with Gasteiger partial charge in [0.05, 0.1) is 6.61 Å². The monoisotopic (exact) mass is 501 g/mol. The summed E-state index contributed by atoms with van der Waals surface area (Å²) in [6.45, 7) is 4.57. The summed E-state index contributed by atoms with van der Waals surface area (Å²) >= 11 is 5.93. The van der Waals surface area contributed by atoms with Gasteiger partial charge in [-0.2, -0.15) is 0 Å². The van der Waals surface area contributed by atoms with Gasteiger partial charge in [-0.3, -0.25) is 19.3 Å². The molecular formula is C26H29ClFN3O4. The minimum atomic E-state index is -1.06. The first-order valence-corrected chi connectivity index (χ1v) is 12.2. The molecule has 1 spiro atoms. The average molecular weight is 502 g/mol. The predicted octanol–water partition coefficient (Wildman–Crippen LogP) is 3.87. The first-order valence-electron chi connectivity index (χ1n) is 11.8. The van der Waals surface area contributed by atoms with Crippen molar-refractivity contribution in [3.8, 4) is 0 Å². The molecule has 0 aromatic heterocycles. The number of halogens is 2. The molecule has 2 aromatic rings. The molecule has 186 valence electrons. The largest absolute Gasteiger partial charge is 0.353 e. The van der Waals surface area contributed by atoms with E-state index in [4.69, 9.17) is 16.3 Å². The van der Waals surface area contributed by atoms with Gasteiger partial charge in [0.15, 0.2) is 0 Å². The first kappa shape index (κ1) is 25.1. The lowest BCUT2D eigenvalue weighted by Gasteiger charge is -2.44. The van der Waals surface area contributed by atoms with Gasteiger partial charge < -0.3 is 15.0 Å². The molecule has 2 aliphatic heterocycles. The van der Waals surface area contributed by atoms with Crippen LogP contribution in [0.1, 0.15) is 53.8 Å². The van der Waals surface area contributed by atoms with Gasteiger partial charge in [-0.25, -0.2) is 4.39 Å². The third-order valence-corrected chi connectivity index (χ3v) is 7.03. The van der Waals surface area contributed by atoms with Gasteiger partial charge in [-0.1, -0.05) is 24.6 Å². The molecule has 1 N–H and O–H groups in total. The average Bonchev–Trinajstić information content (AvgIpc) is 3.22. The zero-order valence-electron chi connectivity index (χ0n) is 19.8. The number of carbonyl (C=O) groups excluding carboxylic acids is 3. The number of nitrogens with one attached hydrogen (secondary N) is 1. The summed E-state index contributed by atoms with van der Waals surface area (Å²) in [4.78, 5) is 42.9. The topological polar surface area (TPSA) is 79.0 Å². The maximum atomic E-state index is 13.9. The van der Waals surface area contributed by atoms with E-state index >= 15 is 0 Å². The molecule has 2 fully saturated rings. The van der Waals surface area contributed by atoms with Crippen LogP contribution in [0.2, 0.25) is 5.02 Å². The van der Waals surface area contributed by atoms with Crippen LogP contribution in [0.15, 0.2) is 48.5 Å². The third-order valence-electron chi connectivity index (χ3n) is 6.78. The molecule has 35 heavy (non-hydrogen) atoms. The predicted molar refractivity (Wildman–Crippen MR) is 130 cm³/mol. The van der Waals surface area contributed by atoms with Crippen LogP contribution in [-0.4, -0.2) is 65.0 Å². The highest BCUT2D eigenvalue weighted by Crippen LogP contribution is 2.39. The summed E-state index contributed by atoms with van der Waals surface area (Å²) in [5.41, 5.74) is -0.385. The molecule has 2 heterocycles. The van der Waals surface area contributed by atoms with E-state index in [2.05, 4.69) is 5.32 Å². The van der Waals surface area contributed by atoms with Gasteiger partial charge in [0.1, 0.15) is 17.6 Å². The molecule has 2 aromatic carbocycles. The number of hydrogen-bond acceptors (Lipinski definition) is 4. The normalized spacial score (nSPS) is 20.1. The Labute approximate surface area is 209 Å². The molecule has 2 atom stereocenters. The van der Waals surface area contributed by atoms with Crippen LogP contribution in [0.25, 0.3) is 0 Å². The van der Waals surface area contributed by atoms with Crippen LogP contribution in [0, 0.1) is 5.82 Å². The molecule has 4 rings (SSSR count). The molecule has 0 radical (unpaired) electrons. The summed E-state index contributed by atoms with van der Waals surface area (Å²) in [7, 11) is 0. The van der Waals surface area contributed by atoms with E-state index in [9.17, 15) is 18.8 Å². The molecule has 0 unspecified atom stereocenters. The first-order chi connectivity index (χ1) is 16.7. The van der Waals surface area contributed by atoms with Gasteiger partial charge in [0.25, 0.3) is 11.8 Å². The highest BCUT2D eigenvalue weighted by molar-refractivity contribution is 6.30. The lowest BCUT2D eigenvalue weighted by atomic mass is 9.96. The van der Waals surface area contributed by atoms with E-state index in [1.807, 2.05) is 13.8 Å². The second-order valence-corrected chi connectivity index (χ2v) is 9.51. The summed E-state index contributed by atoms with van der Waals surface area (Å²) in [5, 5.41) is 3.48. The smallest absolute Gasteiger partial charge is 0.256 e. The van der Waals surface area contributed by atoms with Crippen LogP contribution >= 0.6 is 11.6 Å². The standard InChI is InChI=1S/C26H29ClFN3O4/c1-3-17(2)29-23(32)22-16-35-26(31(22)25(34)19-5-4-6-21(28)15-19)11-13-30(14-12-26)24(33)18-7-9-20(27)10-8-18/h4-10,15,17,22H,3,11-14,16H2,1-2H3,(H,29,32)/t17-,22-/m0/s1. The Kier molecular flexibility index (Phi) is 7.42. The number of likely N-dealkylation sites (tertiary alicyclic amines) is 1. The molecule has 7 nitrogen and oxygen atoms in total. The maximum absolute atomic E-state index is 13.9. The second kappa shape index (κ2) is 10.3. The minimum Gasteiger partial charge on any atom is -0.353 e. The Balaban J connectivity index is 1.57. The number of hydrogen-bond donors (Lipinski definition) is 1. The van der Waals surface area contributed by atoms with Gasteiger partial charge >= 0.3 is 0 Å². The Bertz CT molecular complexity index is 1100. The highest BCUT2D eigenvalue weighted by atomic mass is 35.5. The summed E-state index contributed by atoms with van der Waals surface area (Å²) < 4.78 is 20.1. The zero-order chi connectivity index (χ0) is 25.2. The van der Waals surface area contributed by atoms with Crippen molar-refractivity contribution in [2.45, 2.75) is 50.9 Å². The van der Waals surface area contributed by atoms with Crippen molar-refractivity contribution in [3.05, 3.63) is 70.5 Å². The van der Waals surface area contributed by atoms with Crippen LogP contribution in [0.5, 0.6) is 0 Å². The van der Waals surface area contributed by atoms with Crippen molar-refractivity contribution in [2.75, 3.05) is 19.7 Å². The number of benzene rings is 2. The van der Waals surface area contributed by atoms with Crippen molar-refractivity contribution < 1.29 is 23.5 Å². The molecule has 0 saturated carbocycles. The minimum absolute atomic E-state index is 0.0362. The number of nitrogens with zero attached hydrogens (tertiary/aromatic N) is 2. The molecule has 2 saturated heterocycles. The lowest BCUT2D eigenvalue weighted by Crippen LogP contribution is -2.60. The van der Waals surface area contributed by atoms with Crippen molar-refractivity contribution in [3.63, 3.8) is 0 Å². The third kappa shape index (κ3) is 5.18. The Morgan fingerprint density at radius 3 is 2.43 bits per heavy atom. The Morgan fingerprint density at radius 1 is 1.11 bits per heavy atom. The fourth-order valence-corrected chi connectivity index (χ4v) is 4.73. The molecule has 0 bridgehead atoms. The second-order valence-electron chi connectivity index (χ2n) is 9.08. The molecule has 0 aliphatic carbocycles. The maximum Gasteiger partial charge on any atom is 0.256 e. The summed E-state index contributed by atoms with van der Waals surface area (Å²) in [6.07, 6.45) is 1.41. The SMILES string of the molecule is CC[C@H](C)NC(=O)[C@@H]1COC2(CCN(C(=O)c3ccc(Cl)cc3)CC2)N1C(=O)c1cccc(F)c1. The Hall–Kier alpha value is -2.97. The van der Waals surface area contributed by atoms with Gasteiger partial charge in [0, 0.05) is 48.1 Å². The highest BCUT2D eigenvalue weighted by Gasteiger charge is 2.54. The molecule has 9 heteroatoms. The van der Waals surface area contributed by atoms with Crippen LogP contribution < -0.4 is 5.32 Å². The number of carbonyl (C=O) groups is 3.